The second-order valence-corrected chi connectivity index (χ2v) is 19.9. The minimum Gasteiger partial charge on any atom is -0.494 e. The SMILES string of the molecule is C=C1CC(CCCOc2ccc(C3CCC(CCCCCCC)CC3)cc2)OC1=O.CCCCCCCC1CCC(c2ccc(OCCCC3CC(C)(CC)C(=O)O3)cc2)CC1.[Y].[Y].[Y]. The Hall–Kier alpha value is 0.0317. The molecule has 6 nitrogen and oxygen atoms in total. The third kappa shape index (κ3) is 21.9. The van der Waals surface area contributed by atoms with Crippen molar-refractivity contribution in [1.29, 1.82) is 0 Å². The summed E-state index contributed by atoms with van der Waals surface area (Å²) in [6, 6.07) is 17.6. The van der Waals surface area contributed by atoms with E-state index >= 15 is 0 Å². The monoisotopic (exact) mass is 1120 g/mol. The Morgan fingerprint density at radius 3 is 1.37 bits per heavy atom. The van der Waals surface area contributed by atoms with E-state index in [0.717, 1.165) is 73.7 Å². The van der Waals surface area contributed by atoms with Crippen molar-refractivity contribution in [3.05, 3.63) is 71.8 Å². The van der Waals surface area contributed by atoms with E-state index in [1.54, 1.807) is 0 Å². The molecule has 3 radical (unpaired) electrons. The topological polar surface area (TPSA) is 71.1 Å². The first kappa shape index (κ1) is 61.2. The molecule has 2 aliphatic heterocycles. The molecule has 6 rings (SSSR count). The summed E-state index contributed by atoms with van der Waals surface area (Å²) in [5, 5.41) is 0. The van der Waals surface area contributed by atoms with Crippen LogP contribution in [0.25, 0.3) is 0 Å². The zero-order valence-electron chi connectivity index (χ0n) is 41.5. The van der Waals surface area contributed by atoms with Crippen LogP contribution in [0.4, 0.5) is 0 Å². The van der Waals surface area contributed by atoms with Gasteiger partial charge in [0.05, 0.1) is 18.6 Å². The second-order valence-electron chi connectivity index (χ2n) is 19.9. The van der Waals surface area contributed by atoms with Crippen molar-refractivity contribution in [1.82, 2.24) is 0 Å². The van der Waals surface area contributed by atoms with Gasteiger partial charge in [-0.1, -0.05) is 129 Å². The number of benzene rings is 2. The van der Waals surface area contributed by atoms with Crippen LogP contribution in [0.2, 0.25) is 0 Å². The largest absolute Gasteiger partial charge is 0.494 e. The Balaban J connectivity index is 0.000000428. The number of hydrogen-bond acceptors (Lipinski definition) is 6. The van der Waals surface area contributed by atoms with E-state index in [1.165, 1.54) is 140 Å². The molecule has 3 atom stereocenters. The Morgan fingerprint density at radius 2 is 0.985 bits per heavy atom. The van der Waals surface area contributed by atoms with Crippen molar-refractivity contribution in [2.45, 2.75) is 225 Å². The quantitative estimate of drug-likeness (QED) is 0.0560. The van der Waals surface area contributed by atoms with E-state index in [4.69, 9.17) is 18.9 Å². The van der Waals surface area contributed by atoms with Crippen molar-refractivity contribution in [2.24, 2.45) is 17.3 Å². The number of unbranched alkanes of at least 4 members (excludes halogenated alkanes) is 8. The summed E-state index contributed by atoms with van der Waals surface area (Å²) < 4.78 is 22.7. The summed E-state index contributed by atoms with van der Waals surface area (Å²) in [6.45, 7) is 13.7. The Labute approximate surface area is 472 Å². The number of hydrogen-bond donors (Lipinski definition) is 0. The molecule has 0 amide bonds. The third-order valence-corrected chi connectivity index (χ3v) is 15.0. The van der Waals surface area contributed by atoms with E-state index in [1.807, 2.05) is 6.92 Å². The second kappa shape index (κ2) is 34.4. The molecule has 0 aromatic heterocycles. The summed E-state index contributed by atoms with van der Waals surface area (Å²) in [5.74, 6) is 5.00. The fraction of sp³-hybridized carbons (Fsp3) is 0.714. The first-order chi connectivity index (χ1) is 30.2. The van der Waals surface area contributed by atoms with Crippen LogP contribution in [-0.2, 0) is 117 Å². The summed E-state index contributed by atoms with van der Waals surface area (Å²) in [5.41, 5.74) is 3.27. The van der Waals surface area contributed by atoms with Crippen LogP contribution in [0, 0.1) is 17.3 Å². The number of ether oxygens (including phenoxy) is 4. The van der Waals surface area contributed by atoms with Gasteiger partial charge in [0.2, 0.25) is 0 Å². The van der Waals surface area contributed by atoms with E-state index in [-0.39, 0.29) is 128 Å². The maximum atomic E-state index is 12.0. The van der Waals surface area contributed by atoms with Gasteiger partial charge in [-0.3, -0.25) is 4.79 Å². The predicted octanol–water partition coefficient (Wildman–Crippen LogP) is 15.6. The molecule has 2 saturated carbocycles. The summed E-state index contributed by atoms with van der Waals surface area (Å²) in [4.78, 5) is 23.3. The summed E-state index contributed by atoms with van der Waals surface area (Å²) in [7, 11) is 0. The van der Waals surface area contributed by atoms with Gasteiger partial charge in [-0.15, -0.1) is 0 Å². The third-order valence-electron chi connectivity index (χ3n) is 15.0. The van der Waals surface area contributed by atoms with Gasteiger partial charge < -0.3 is 18.9 Å². The molecule has 65 heavy (non-hydrogen) atoms. The van der Waals surface area contributed by atoms with Gasteiger partial charge in [0.15, 0.2) is 0 Å². The Kier molecular flexibility index (Phi) is 32.3. The van der Waals surface area contributed by atoms with Crippen LogP contribution in [0.15, 0.2) is 60.7 Å². The molecule has 0 N–H and O–H groups in total. The molecule has 9 heteroatoms. The molecule has 0 bridgehead atoms. The van der Waals surface area contributed by atoms with Gasteiger partial charge in [0.25, 0.3) is 0 Å². The van der Waals surface area contributed by atoms with Gasteiger partial charge in [0, 0.05) is 117 Å². The first-order valence-electron chi connectivity index (χ1n) is 25.7. The van der Waals surface area contributed by atoms with Crippen LogP contribution in [0.3, 0.4) is 0 Å². The zero-order valence-corrected chi connectivity index (χ0v) is 50.0. The number of rotatable bonds is 25. The number of cyclic esters (lactones) is 2. The van der Waals surface area contributed by atoms with Crippen molar-refractivity contribution >= 4 is 11.9 Å². The number of esters is 2. The van der Waals surface area contributed by atoms with E-state index in [9.17, 15) is 9.59 Å². The maximum Gasteiger partial charge on any atom is 0.333 e. The molecule has 355 valence electrons. The van der Waals surface area contributed by atoms with Gasteiger partial charge in [-0.05, 0) is 149 Å². The van der Waals surface area contributed by atoms with Crippen LogP contribution in [0.5, 0.6) is 11.5 Å². The minimum absolute atomic E-state index is 0. The fourth-order valence-electron chi connectivity index (χ4n) is 10.5. The van der Waals surface area contributed by atoms with Crippen LogP contribution in [-0.4, -0.2) is 37.4 Å². The molecule has 4 aliphatic rings. The average Bonchev–Trinajstić information content (AvgIpc) is 3.78. The molecular weight excluding hydrogens is 1040 g/mol. The molecule has 2 heterocycles. The molecule has 2 saturated heterocycles. The van der Waals surface area contributed by atoms with E-state index in [2.05, 4.69) is 75.9 Å². The van der Waals surface area contributed by atoms with Gasteiger partial charge in [-0.2, -0.15) is 0 Å². The summed E-state index contributed by atoms with van der Waals surface area (Å²) in [6.07, 6.45) is 33.8. The summed E-state index contributed by atoms with van der Waals surface area (Å²) >= 11 is 0. The molecule has 4 fully saturated rings. The maximum absolute atomic E-state index is 12.0. The van der Waals surface area contributed by atoms with Gasteiger partial charge >= 0.3 is 11.9 Å². The van der Waals surface area contributed by atoms with Crippen LogP contribution >= 0.6 is 0 Å². The van der Waals surface area contributed by atoms with Crippen molar-refractivity contribution in [3.63, 3.8) is 0 Å². The molecule has 0 spiro atoms. The average molecular weight is 1120 g/mol. The van der Waals surface area contributed by atoms with Crippen LogP contribution in [0.1, 0.15) is 224 Å². The van der Waals surface area contributed by atoms with E-state index in [0.29, 0.717) is 25.2 Å². The van der Waals surface area contributed by atoms with Gasteiger partial charge in [-0.25, -0.2) is 4.79 Å². The van der Waals surface area contributed by atoms with Crippen LogP contribution < -0.4 is 9.47 Å². The number of carbonyl (C=O) groups is 2. The Morgan fingerprint density at radius 1 is 0.554 bits per heavy atom. The normalized spacial score (nSPS) is 24.9. The number of carbonyl (C=O) groups excluding carboxylic acids is 2. The predicted molar refractivity (Wildman–Crippen MR) is 255 cm³/mol. The fourth-order valence-corrected chi connectivity index (χ4v) is 10.5. The standard InChI is InChI=1S/C29H46O3.C27H40O3.3Y/c1-4-6-7-8-9-11-23-13-15-24(16-14-23)25-17-19-26(20-18-25)31-21-10-12-27-22-29(3,5-2)28(30)32-27;1-3-4-5-6-7-9-22-11-13-23(14-12-22)24-15-17-25(18-16-24)29-19-8-10-26-20-21(2)27(28)30-26;;;/h17-20,23-24,27H,4-16,21-22H2,1-3H3;15-18,22-23,26H,2-14,19-20H2,1H3;;;. The van der Waals surface area contributed by atoms with Gasteiger partial charge in [0.1, 0.15) is 23.7 Å². The molecular formula is C56H86O6Y3. The minimum atomic E-state index is -0.283. The zero-order chi connectivity index (χ0) is 44.0. The van der Waals surface area contributed by atoms with Crippen molar-refractivity contribution in [3.8, 4) is 11.5 Å². The van der Waals surface area contributed by atoms with Crippen molar-refractivity contribution in [2.75, 3.05) is 13.2 Å². The van der Waals surface area contributed by atoms with Crippen molar-refractivity contribution < 1.29 is 127 Å². The smallest absolute Gasteiger partial charge is 0.333 e. The first-order valence-corrected chi connectivity index (χ1v) is 25.7. The molecule has 2 aromatic rings. The molecule has 2 aliphatic carbocycles. The molecule has 3 unspecified atom stereocenters. The molecule has 2 aromatic carbocycles. The Bertz CT molecular complexity index is 1570. The van der Waals surface area contributed by atoms with E-state index < -0.39 is 0 Å².